The maximum absolute atomic E-state index is 11.8. The van der Waals surface area contributed by atoms with Crippen LogP contribution in [0.25, 0.3) is 0 Å². The molecule has 0 heterocycles. The fourth-order valence-electron chi connectivity index (χ4n) is 4.79. The zero-order valence-electron chi connectivity index (χ0n) is 19.6. The van der Waals surface area contributed by atoms with Gasteiger partial charge in [0.05, 0.1) is 12.1 Å². The molecule has 5 nitrogen and oxygen atoms in total. The van der Waals surface area contributed by atoms with Crippen LogP contribution in [0.5, 0.6) is 5.75 Å². The number of hydrogen-bond donors (Lipinski definition) is 4. The SMILES string of the molecule is CC(=O)N[C@@H](Cc1ccc(O)cc1)[C@H](O)CNC1(c2cccc(C(C)C)c2)CCCCC1. The molecule has 2 aromatic carbocycles. The third-order valence-corrected chi connectivity index (χ3v) is 6.71. The highest BCUT2D eigenvalue weighted by molar-refractivity contribution is 5.73. The van der Waals surface area contributed by atoms with Gasteiger partial charge in [-0.15, -0.1) is 0 Å². The third-order valence-electron chi connectivity index (χ3n) is 6.71. The van der Waals surface area contributed by atoms with Gasteiger partial charge >= 0.3 is 0 Å². The average molecular weight is 439 g/mol. The molecule has 3 rings (SSSR count). The van der Waals surface area contributed by atoms with Crippen LogP contribution in [-0.2, 0) is 16.8 Å². The summed E-state index contributed by atoms with van der Waals surface area (Å²) in [5.74, 6) is 0.510. The van der Waals surface area contributed by atoms with Crippen molar-refractivity contribution in [2.24, 2.45) is 0 Å². The summed E-state index contributed by atoms with van der Waals surface area (Å²) < 4.78 is 0. The molecule has 0 bridgehead atoms. The minimum Gasteiger partial charge on any atom is -0.508 e. The van der Waals surface area contributed by atoms with Crippen LogP contribution in [0.4, 0.5) is 0 Å². The summed E-state index contributed by atoms with van der Waals surface area (Å²) in [6, 6.07) is 15.3. The van der Waals surface area contributed by atoms with Crippen molar-refractivity contribution in [3.8, 4) is 5.75 Å². The lowest BCUT2D eigenvalue weighted by atomic mass is 9.75. The number of amides is 1. The molecule has 0 saturated heterocycles. The second-order valence-corrected chi connectivity index (χ2v) is 9.55. The van der Waals surface area contributed by atoms with E-state index >= 15 is 0 Å². The van der Waals surface area contributed by atoms with E-state index in [1.807, 2.05) is 12.1 Å². The van der Waals surface area contributed by atoms with Crippen molar-refractivity contribution < 1.29 is 15.0 Å². The Morgan fingerprint density at radius 3 is 2.38 bits per heavy atom. The lowest BCUT2D eigenvalue weighted by Gasteiger charge is -2.40. The van der Waals surface area contributed by atoms with Crippen molar-refractivity contribution in [1.82, 2.24) is 10.6 Å². The van der Waals surface area contributed by atoms with Gasteiger partial charge in [-0.3, -0.25) is 4.79 Å². The predicted molar refractivity (Wildman–Crippen MR) is 129 cm³/mol. The number of aliphatic hydroxyl groups excluding tert-OH is 1. The molecule has 2 atom stereocenters. The quantitative estimate of drug-likeness (QED) is 0.469. The maximum atomic E-state index is 11.8. The maximum Gasteiger partial charge on any atom is 0.217 e. The molecule has 0 spiro atoms. The zero-order valence-corrected chi connectivity index (χ0v) is 19.6. The van der Waals surface area contributed by atoms with Gasteiger partial charge in [-0.25, -0.2) is 0 Å². The summed E-state index contributed by atoms with van der Waals surface area (Å²) in [5, 5.41) is 27.3. The van der Waals surface area contributed by atoms with Crippen molar-refractivity contribution in [3.05, 3.63) is 65.2 Å². The van der Waals surface area contributed by atoms with Crippen molar-refractivity contribution in [3.63, 3.8) is 0 Å². The van der Waals surface area contributed by atoms with E-state index in [0.29, 0.717) is 18.9 Å². The number of hydrogen-bond acceptors (Lipinski definition) is 4. The molecule has 174 valence electrons. The Balaban J connectivity index is 1.76. The standard InChI is InChI=1S/C27H38N2O3/c1-19(2)22-8-7-9-23(17-22)27(14-5-4-6-15-27)28-18-26(32)25(29-20(3)30)16-21-10-12-24(31)13-11-21/h7-13,17,19,25-26,28,31-32H,4-6,14-16,18H2,1-3H3,(H,29,30)/t25-,26+/m0/s1. The van der Waals surface area contributed by atoms with E-state index in [9.17, 15) is 15.0 Å². The number of aromatic hydroxyl groups is 1. The molecule has 0 aliphatic heterocycles. The van der Waals surface area contributed by atoms with E-state index in [1.165, 1.54) is 24.5 Å². The van der Waals surface area contributed by atoms with Crippen LogP contribution in [0.1, 0.15) is 75.5 Å². The highest BCUT2D eigenvalue weighted by Crippen LogP contribution is 2.38. The molecule has 4 N–H and O–H groups in total. The lowest BCUT2D eigenvalue weighted by molar-refractivity contribution is -0.120. The van der Waals surface area contributed by atoms with Gasteiger partial charge < -0.3 is 20.8 Å². The number of carbonyl (C=O) groups excluding carboxylic acids is 1. The highest BCUT2D eigenvalue weighted by atomic mass is 16.3. The summed E-state index contributed by atoms with van der Waals surface area (Å²) in [7, 11) is 0. The molecule has 0 aromatic heterocycles. The van der Waals surface area contributed by atoms with Crippen LogP contribution in [0.2, 0.25) is 0 Å². The Labute approximate surface area is 192 Å². The molecule has 1 fully saturated rings. The smallest absolute Gasteiger partial charge is 0.217 e. The van der Waals surface area contributed by atoms with Crippen LogP contribution in [0, 0.1) is 0 Å². The number of rotatable bonds is 9. The van der Waals surface area contributed by atoms with Crippen molar-refractivity contribution >= 4 is 5.91 Å². The van der Waals surface area contributed by atoms with E-state index in [0.717, 1.165) is 31.2 Å². The predicted octanol–water partition coefficient (Wildman–Crippen LogP) is 4.37. The Hall–Kier alpha value is -2.37. The third kappa shape index (κ3) is 6.33. The van der Waals surface area contributed by atoms with Gasteiger partial charge in [0.1, 0.15) is 5.75 Å². The minimum atomic E-state index is -0.736. The summed E-state index contributed by atoms with van der Waals surface area (Å²) in [6.45, 7) is 6.30. The molecule has 2 aromatic rings. The second kappa shape index (κ2) is 11.0. The largest absolute Gasteiger partial charge is 0.508 e. The van der Waals surface area contributed by atoms with E-state index in [4.69, 9.17) is 0 Å². The average Bonchev–Trinajstić information content (AvgIpc) is 2.79. The summed E-state index contributed by atoms with van der Waals surface area (Å²) in [4.78, 5) is 11.8. The van der Waals surface area contributed by atoms with Crippen molar-refractivity contribution in [1.29, 1.82) is 0 Å². The summed E-state index contributed by atoms with van der Waals surface area (Å²) >= 11 is 0. The van der Waals surface area contributed by atoms with E-state index in [1.54, 1.807) is 12.1 Å². The first-order chi connectivity index (χ1) is 15.3. The van der Waals surface area contributed by atoms with Crippen LogP contribution in [0.3, 0.4) is 0 Å². The summed E-state index contributed by atoms with van der Waals surface area (Å²) in [6.07, 6.45) is 5.42. The first-order valence-corrected chi connectivity index (χ1v) is 11.9. The number of nitrogens with one attached hydrogen (secondary N) is 2. The zero-order chi connectivity index (χ0) is 23.1. The van der Waals surface area contributed by atoms with Crippen molar-refractivity contribution in [2.45, 2.75) is 82.9 Å². The van der Waals surface area contributed by atoms with Crippen LogP contribution >= 0.6 is 0 Å². The molecule has 1 aliphatic carbocycles. The summed E-state index contributed by atoms with van der Waals surface area (Å²) in [5.41, 5.74) is 3.43. The molecule has 1 aliphatic rings. The van der Waals surface area contributed by atoms with Gasteiger partial charge in [-0.1, -0.05) is 69.5 Å². The number of aliphatic hydroxyl groups is 1. The van der Waals surface area contributed by atoms with Crippen molar-refractivity contribution in [2.75, 3.05) is 6.54 Å². The van der Waals surface area contributed by atoms with Gasteiger partial charge in [0.2, 0.25) is 5.91 Å². The molecular formula is C27H38N2O3. The van der Waals surface area contributed by atoms with Gasteiger partial charge in [-0.05, 0) is 54.0 Å². The number of phenols is 1. The van der Waals surface area contributed by atoms with E-state index in [-0.39, 0.29) is 17.2 Å². The van der Waals surface area contributed by atoms with Gasteiger partial charge in [0, 0.05) is 19.0 Å². The first kappa shape index (κ1) is 24.3. The molecule has 1 amide bonds. The fourth-order valence-corrected chi connectivity index (χ4v) is 4.79. The Kier molecular flexibility index (Phi) is 8.32. The van der Waals surface area contributed by atoms with Gasteiger partial charge in [-0.2, -0.15) is 0 Å². The highest BCUT2D eigenvalue weighted by Gasteiger charge is 2.35. The monoisotopic (exact) mass is 438 g/mol. The molecule has 32 heavy (non-hydrogen) atoms. The van der Waals surface area contributed by atoms with Crippen LogP contribution in [-0.4, -0.2) is 34.8 Å². The molecule has 5 heteroatoms. The fraction of sp³-hybridized carbons (Fsp3) is 0.519. The van der Waals surface area contributed by atoms with Crippen LogP contribution < -0.4 is 10.6 Å². The Morgan fingerprint density at radius 1 is 1.06 bits per heavy atom. The van der Waals surface area contributed by atoms with E-state index in [2.05, 4.69) is 48.7 Å². The second-order valence-electron chi connectivity index (χ2n) is 9.55. The molecule has 0 unspecified atom stereocenters. The Morgan fingerprint density at radius 2 is 1.75 bits per heavy atom. The minimum absolute atomic E-state index is 0.149. The van der Waals surface area contributed by atoms with Gasteiger partial charge in [0.15, 0.2) is 0 Å². The van der Waals surface area contributed by atoms with Gasteiger partial charge in [0.25, 0.3) is 0 Å². The normalized spacial score (nSPS) is 17.7. The molecule has 0 radical (unpaired) electrons. The topological polar surface area (TPSA) is 81.6 Å². The molecule has 1 saturated carbocycles. The lowest BCUT2D eigenvalue weighted by Crippen LogP contribution is -2.53. The first-order valence-electron chi connectivity index (χ1n) is 11.9. The number of benzene rings is 2. The number of phenolic OH excluding ortho intramolecular Hbond substituents is 1. The Bertz CT molecular complexity index is 873. The molecular weight excluding hydrogens is 400 g/mol. The van der Waals surface area contributed by atoms with Crippen LogP contribution in [0.15, 0.2) is 48.5 Å². The number of carbonyl (C=O) groups is 1. The van der Waals surface area contributed by atoms with E-state index < -0.39 is 12.1 Å².